The number of nitrogens with zero attached hydrogens (tertiary/aromatic N) is 3. The second kappa shape index (κ2) is 7.64. The molecule has 3 nitrogen and oxygen atoms in total. The second-order valence-electron chi connectivity index (χ2n) is 6.00. The normalized spacial score (nSPS) is 13.6. The molecule has 1 aliphatic heterocycles. The number of aromatic nitrogens is 1. The minimum absolute atomic E-state index is 0.272. The van der Waals surface area contributed by atoms with E-state index in [9.17, 15) is 9.65 Å². The number of benzene rings is 1. The Kier molecular flexibility index (Phi) is 5.11. The smallest absolute Gasteiger partial charge is 0.146 e. The van der Waals surface area contributed by atoms with Crippen molar-refractivity contribution in [3.63, 3.8) is 0 Å². The van der Waals surface area contributed by atoms with Crippen LogP contribution in [0, 0.1) is 35.9 Å². The molecule has 0 bridgehead atoms. The van der Waals surface area contributed by atoms with E-state index in [0.717, 1.165) is 37.4 Å². The molecular weight excluding hydrogens is 313 g/mol. The number of pyridine rings is 1. The quantitative estimate of drug-likeness (QED) is 0.742. The molecule has 1 aliphatic rings. The molecule has 124 valence electrons. The van der Waals surface area contributed by atoms with Crippen LogP contribution >= 0.6 is 0 Å². The fourth-order valence-electron chi connectivity index (χ4n) is 2.81. The summed E-state index contributed by atoms with van der Waals surface area (Å²) in [6.45, 7) is 3.57. The van der Waals surface area contributed by atoms with E-state index in [1.165, 1.54) is 17.7 Å². The van der Waals surface area contributed by atoms with E-state index in [4.69, 9.17) is 0 Å². The molecule has 0 amide bonds. The largest absolute Gasteiger partial charge is 0.355 e. The van der Waals surface area contributed by atoms with Crippen LogP contribution in [0.5, 0.6) is 0 Å². The molecule has 3 rings (SSSR count). The Labute approximate surface area is 147 Å². The van der Waals surface area contributed by atoms with Crippen molar-refractivity contribution in [2.75, 3.05) is 18.0 Å². The van der Waals surface area contributed by atoms with E-state index in [-0.39, 0.29) is 5.82 Å². The van der Waals surface area contributed by atoms with Gasteiger partial charge in [-0.25, -0.2) is 9.37 Å². The minimum atomic E-state index is -0.272. The van der Waals surface area contributed by atoms with Gasteiger partial charge in [-0.1, -0.05) is 23.5 Å². The number of rotatable bonds is 1. The van der Waals surface area contributed by atoms with Gasteiger partial charge in [0.05, 0.1) is 5.56 Å². The fourth-order valence-corrected chi connectivity index (χ4v) is 2.81. The lowest BCUT2D eigenvalue weighted by atomic mass is 10.0. The van der Waals surface area contributed by atoms with E-state index in [0.29, 0.717) is 11.1 Å². The molecule has 2 aromatic rings. The lowest BCUT2D eigenvalue weighted by Gasteiger charge is -2.30. The molecule has 25 heavy (non-hydrogen) atoms. The predicted octanol–water partition coefficient (Wildman–Crippen LogP) is 3.98. The summed E-state index contributed by atoms with van der Waals surface area (Å²) >= 11 is 0. The number of halogens is 1. The summed E-state index contributed by atoms with van der Waals surface area (Å²) in [4.78, 5) is 6.68. The molecule has 0 aliphatic carbocycles. The van der Waals surface area contributed by atoms with Gasteiger partial charge in [-0.3, -0.25) is 0 Å². The zero-order valence-corrected chi connectivity index (χ0v) is 14.1. The molecular formula is C21H18FN3. The number of aryl methyl sites for hydroxylation is 1. The number of nitriles is 1. The first-order valence-electron chi connectivity index (χ1n) is 8.23. The van der Waals surface area contributed by atoms with Gasteiger partial charge in [0, 0.05) is 24.3 Å². The van der Waals surface area contributed by atoms with Crippen LogP contribution < -0.4 is 4.90 Å². The summed E-state index contributed by atoms with van der Waals surface area (Å²) in [6, 6.07) is 12.2. The fraction of sp³-hybridized carbons (Fsp3) is 0.238. The highest BCUT2D eigenvalue weighted by molar-refractivity contribution is 5.55. The van der Waals surface area contributed by atoms with E-state index in [1.807, 2.05) is 25.1 Å². The van der Waals surface area contributed by atoms with Crippen LogP contribution in [0.25, 0.3) is 0 Å². The van der Waals surface area contributed by atoms with Crippen LogP contribution in [-0.2, 0) is 0 Å². The van der Waals surface area contributed by atoms with E-state index in [1.54, 1.807) is 12.1 Å². The van der Waals surface area contributed by atoms with E-state index >= 15 is 0 Å². The van der Waals surface area contributed by atoms with Crippen LogP contribution in [0.15, 0.2) is 48.0 Å². The summed E-state index contributed by atoms with van der Waals surface area (Å²) in [7, 11) is 0. The number of hydrogen-bond acceptors (Lipinski definition) is 3. The molecule has 0 unspecified atom stereocenters. The highest BCUT2D eigenvalue weighted by Crippen LogP contribution is 2.24. The van der Waals surface area contributed by atoms with Gasteiger partial charge in [-0.05, 0) is 56.2 Å². The van der Waals surface area contributed by atoms with Gasteiger partial charge in [0.15, 0.2) is 0 Å². The summed E-state index contributed by atoms with van der Waals surface area (Å²) < 4.78 is 13.1. The molecule has 0 spiro atoms. The average Bonchev–Trinajstić information content (AvgIpc) is 2.62. The lowest BCUT2D eigenvalue weighted by molar-refractivity contribution is 0.627. The van der Waals surface area contributed by atoms with Crippen molar-refractivity contribution in [2.45, 2.75) is 19.8 Å². The molecule has 1 aromatic heterocycles. The zero-order chi connectivity index (χ0) is 17.6. The van der Waals surface area contributed by atoms with Gasteiger partial charge in [0.25, 0.3) is 0 Å². The molecule has 0 N–H and O–H groups in total. The number of allylic oxidation sites excluding steroid dienone is 1. The molecule has 0 saturated carbocycles. The van der Waals surface area contributed by atoms with E-state index in [2.05, 4.69) is 27.8 Å². The number of piperidine rings is 1. The van der Waals surface area contributed by atoms with Crippen molar-refractivity contribution in [1.29, 1.82) is 5.26 Å². The van der Waals surface area contributed by atoms with Crippen molar-refractivity contribution >= 4 is 5.82 Å². The second-order valence-corrected chi connectivity index (χ2v) is 6.00. The first-order chi connectivity index (χ1) is 12.2. The molecule has 1 saturated heterocycles. The highest BCUT2D eigenvalue weighted by Gasteiger charge is 2.18. The Morgan fingerprint density at radius 3 is 2.72 bits per heavy atom. The van der Waals surface area contributed by atoms with Gasteiger partial charge in [0.2, 0.25) is 0 Å². The molecule has 2 heterocycles. The third kappa shape index (κ3) is 4.25. The summed E-state index contributed by atoms with van der Waals surface area (Å²) in [5, 5.41) is 9.26. The Bertz CT molecular complexity index is 903. The molecule has 1 aromatic carbocycles. The monoisotopic (exact) mass is 331 g/mol. The van der Waals surface area contributed by atoms with Crippen molar-refractivity contribution in [3.05, 3.63) is 70.7 Å². The topological polar surface area (TPSA) is 39.9 Å². The van der Waals surface area contributed by atoms with Crippen molar-refractivity contribution in [1.82, 2.24) is 4.98 Å². The first kappa shape index (κ1) is 16.7. The van der Waals surface area contributed by atoms with Gasteiger partial charge >= 0.3 is 0 Å². The highest BCUT2D eigenvalue weighted by atomic mass is 19.1. The number of anilines is 1. The summed E-state index contributed by atoms with van der Waals surface area (Å²) in [5.41, 5.74) is 3.48. The van der Waals surface area contributed by atoms with Crippen LogP contribution in [0.3, 0.4) is 0 Å². The Balaban J connectivity index is 1.67. The summed E-state index contributed by atoms with van der Waals surface area (Å²) in [5.74, 6) is 6.48. The lowest BCUT2D eigenvalue weighted by Crippen LogP contribution is -2.32. The van der Waals surface area contributed by atoms with Crippen molar-refractivity contribution in [2.24, 2.45) is 0 Å². The van der Waals surface area contributed by atoms with Gasteiger partial charge in [0.1, 0.15) is 17.7 Å². The van der Waals surface area contributed by atoms with Gasteiger partial charge < -0.3 is 4.90 Å². The van der Waals surface area contributed by atoms with Crippen LogP contribution in [0.1, 0.15) is 29.7 Å². The Morgan fingerprint density at radius 1 is 1.20 bits per heavy atom. The number of hydrogen-bond donors (Lipinski definition) is 0. The Morgan fingerprint density at radius 2 is 2.00 bits per heavy atom. The molecule has 0 atom stereocenters. The maximum atomic E-state index is 13.1. The van der Waals surface area contributed by atoms with Crippen LogP contribution in [-0.4, -0.2) is 18.1 Å². The van der Waals surface area contributed by atoms with Gasteiger partial charge in [-0.2, -0.15) is 5.26 Å². The van der Waals surface area contributed by atoms with Gasteiger partial charge in [-0.15, -0.1) is 0 Å². The zero-order valence-electron chi connectivity index (χ0n) is 14.1. The third-order valence-corrected chi connectivity index (χ3v) is 4.16. The average molecular weight is 331 g/mol. The maximum absolute atomic E-state index is 13.1. The first-order valence-corrected chi connectivity index (χ1v) is 8.23. The van der Waals surface area contributed by atoms with Crippen LogP contribution in [0.4, 0.5) is 10.2 Å². The third-order valence-electron chi connectivity index (χ3n) is 4.16. The van der Waals surface area contributed by atoms with Crippen LogP contribution in [0.2, 0.25) is 0 Å². The Hall–Kier alpha value is -3.11. The molecule has 1 fully saturated rings. The summed E-state index contributed by atoms with van der Waals surface area (Å²) in [6.07, 6.45) is 3.70. The van der Waals surface area contributed by atoms with Crippen molar-refractivity contribution < 1.29 is 4.39 Å². The molecule has 0 radical (unpaired) electrons. The SMILES string of the molecule is Cc1ccc(C#N)c(N2CCC(=CC#Cc3cccc(F)c3)CC2)n1. The molecule has 4 heteroatoms. The van der Waals surface area contributed by atoms with E-state index < -0.39 is 0 Å². The predicted molar refractivity (Wildman–Crippen MR) is 96.5 cm³/mol. The minimum Gasteiger partial charge on any atom is -0.355 e. The maximum Gasteiger partial charge on any atom is 0.146 e. The standard InChI is InChI=1S/C21H18FN3/c1-16-8-9-19(15-23)21(24-16)25-12-10-17(11-13-25)4-2-5-18-6-3-7-20(22)14-18/h3-4,6-9,14H,10-13H2,1H3. The van der Waals surface area contributed by atoms with Crippen molar-refractivity contribution in [3.8, 4) is 17.9 Å².